The van der Waals surface area contributed by atoms with E-state index in [1.165, 1.54) is 18.2 Å². The number of benzene rings is 1. The van der Waals surface area contributed by atoms with E-state index >= 15 is 0 Å². The first-order valence-electron chi connectivity index (χ1n) is 6.44. The third kappa shape index (κ3) is 2.68. The molecule has 20 heavy (non-hydrogen) atoms. The summed E-state index contributed by atoms with van der Waals surface area (Å²) in [6.45, 7) is 0. The molecule has 2 fully saturated rings. The Morgan fingerprint density at radius 3 is 2.75 bits per heavy atom. The van der Waals surface area contributed by atoms with Crippen molar-refractivity contribution in [2.45, 2.75) is 42.4 Å². The van der Waals surface area contributed by atoms with Crippen molar-refractivity contribution in [3.63, 3.8) is 0 Å². The van der Waals surface area contributed by atoms with Gasteiger partial charge in [-0.3, -0.25) is 4.79 Å². The molecule has 1 aromatic rings. The van der Waals surface area contributed by atoms with Crippen LogP contribution in [0.5, 0.6) is 0 Å². The van der Waals surface area contributed by atoms with Crippen molar-refractivity contribution in [2.24, 2.45) is 0 Å². The Kier molecular flexibility index (Phi) is 3.48. The standard InChI is InChI=1S/C13H14ClNO4S/c14-20(17,18)10-3-1-2-8(6-10)13(16)15-11-7-9-4-5-12(11)19-9/h1-3,6,9,11-12H,4-5,7H2,(H,15,16). The highest BCUT2D eigenvalue weighted by atomic mass is 35.7. The molecule has 0 radical (unpaired) electrons. The quantitative estimate of drug-likeness (QED) is 0.861. The number of amides is 1. The van der Waals surface area contributed by atoms with Crippen LogP contribution in [0, 0.1) is 0 Å². The first-order chi connectivity index (χ1) is 9.43. The molecule has 2 aliphatic heterocycles. The van der Waals surface area contributed by atoms with E-state index in [2.05, 4.69) is 5.32 Å². The Hall–Kier alpha value is -1.11. The minimum Gasteiger partial charge on any atom is -0.373 e. The second-order valence-corrected chi connectivity index (χ2v) is 7.72. The van der Waals surface area contributed by atoms with Crippen LogP contribution >= 0.6 is 10.7 Å². The molecule has 0 aromatic heterocycles. The maximum Gasteiger partial charge on any atom is 0.261 e. The van der Waals surface area contributed by atoms with Gasteiger partial charge in [-0.25, -0.2) is 8.42 Å². The van der Waals surface area contributed by atoms with Crippen molar-refractivity contribution >= 4 is 25.6 Å². The molecule has 5 nitrogen and oxygen atoms in total. The topological polar surface area (TPSA) is 72.5 Å². The van der Waals surface area contributed by atoms with Crippen LogP contribution in [0.2, 0.25) is 0 Å². The molecule has 0 saturated carbocycles. The molecule has 3 unspecified atom stereocenters. The van der Waals surface area contributed by atoms with Gasteiger partial charge in [-0.15, -0.1) is 0 Å². The van der Waals surface area contributed by atoms with Gasteiger partial charge in [0.25, 0.3) is 15.0 Å². The van der Waals surface area contributed by atoms with Crippen molar-refractivity contribution in [3.05, 3.63) is 29.8 Å². The average Bonchev–Trinajstić information content (AvgIpc) is 3.00. The van der Waals surface area contributed by atoms with Gasteiger partial charge in [-0.1, -0.05) is 6.07 Å². The Morgan fingerprint density at radius 2 is 2.15 bits per heavy atom. The van der Waals surface area contributed by atoms with Crippen molar-refractivity contribution in [2.75, 3.05) is 0 Å². The van der Waals surface area contributed by atoms with Crippen LogP contribution in [0.3, 0.4) is 0 Å². The van der Waals surface area contributed by atoms with Gasteiger partial charge in [0.15, 0.2) is 0 Å². The smallest absolute Gasteiger partial charge is 0.261 e. The number of carbonyl (C=O) groups is 1. The summed E-state index contributed by atoms with van der Waals surface area (Å²) >= 11 is 0. The highest BCUT2D eigenvalue weighted by Gasteiger charge is 2.41. The van der Waals surface area contributed by atoms with Gasteiger partial charge in [-0.05, 0) is 37.5 Å². The lowest BCUT2D eigenvalue weighted by Crippen LogP contribution is -2.41. The number of hydrogen-bond acceptors (Lipinski definition) is 4. The molecule has 0 spiro atoms. The van der Waals surface area contributed by atoms with E-state index in [1.807, 2.05) is 0 Å². The summed E-state index contributed by atoms with van der Waals surface area (Å²) < 4.78 is 28.2. The van der Waals surface area contributed by atoms with E-state index in [4.69, 9.17) is 15.4 Å². The van der Waals surface area contributed by atoms with Crippen molar-refractivity contribution in [1.82, 2.24) is 5.32 Å². The average molecular weight is 316 g/mol. The van der Waals surface area contributed by atoms with Gasteiger partial charge < -0.3 is 10.1 Å². The third-order valence-corrected chi connectivity index (χ3v) is 5.15. The zero-order chi connectivity index (χ0) is 14.3. The molecule has 7 heteroatoms. The monoisotopic (exact) mass is 315 g/mol. The minimum absolute atomic E-state index is 0.0116. The third-order valence-electron chi connectivity index (χ3n) is 3.80. The normalized spacial score (nSPS) is 28.6. The molecule has 2 heterocycles. The number of ether oxygens (including phenoxy) is 1. The Balaban J connectivity index is 1.74. The maximum absolute atomic E-state index is 12.2. The molecule has 1 aromatic carbocycles. The lowest BCUT2D eigenvalue weighted by atomic mass is 9.95. The molecule has 3 rings (SSSR count). The number of fused-ring (bicyclic) bond motifs is 2. The Labute approximate surface area is 121 Å². The number of nitrogens with one attached hydrogen (secondary N) is 1. The van der Waals surface area contributed by atoms with Gasteiger partial charge >= 0.3 is 0 Å². The first kappa shape index (κ1) is 13.9. The number of hydrogen-bond donors (Lipinski definition) is 1. The van der Waals surface area contributed by atoms with Crippen LogP contribution in [-0.2, 0) is 13.8 Å². The van der Waals surface area contributed by atoms with E-state index in [-0.39, 0.29) is 34.6 Å². The fourth-order valence-corrected chi connectivity index (χ4v) is 3.63. The molecule has 0 aliphatic carbocycles. The van der Waals surface area contributed by atoms with Crippen LogP contribution < -0.4 is 5.32 Å². The summed E-state index contributed by atoms with van der Waals surface area (Å²) in [4.78, 5) is 12.1. The zero-order valence-electron chi connectivity index (χ0n) is 10.6. The molecule has 1 N–H and O–H groups in total. The Morgan fingerprint density at radius 1 is 1.35 bits per heavy atom. The lowest BCUT2D eigenvalue weighted by molar-refractivity contribution is 0.0841. The summed E-state index contributed by atoms with van der Waals surface area (Å²) in [5, 5.41) is 2.90. The lowest BCUT2D eigenvalue weighted by Gasteiger charge is -2.20. The van der Waals surface area contributed by atoms with E-state index < -0.39 is 9.05 Å². The molecule has 1 amide bonds. The van der Waals surface area contributed by atoms with Crippen LogP contribution in [-0.4, -0.2) is 32.6 Å². The highest BCUT2D eigenvalue weighted by Crippen LogP contribution is 2.34. The van der Waals surface area contributed by atoms with Crippen molar-refractivity contribution in [3.8, 4) is 0 Å². The highest BCUT2D eigenvalue weighted by molar-refractivity contribution is 8.13. The van der Waals surface area contributed by atoms with Crippen LogP contribution in [0.25, 0.3) is 0 Å². The summed E-state index contributed by atoms with van der Waals surface area (Å²) in [5.41, 5.74) is 0.287. The fraction of sp³-hybridized carbons (Fsp3) is 0.462. The van der Waals surface area contributed by atoms with Gasteiger partial charge in [0.05, 0.1) is 23.1 Å². The van der Waals surface area contributed by atoms with Crippen molar-refractivity contribution in [1.29, 1.82) is 0 Å². The van der Waals surface area contributed by atoms with Crippen LogP contribution in [0.1, 0.15) is 29.6 Å². The second kappa shape index (κ2) is 5.02. The molecule has 2 bridgehead atoms. The minimum atomic E-state index is -3.83. The molecule has 3 atom stereocenters. The summed E-state index contributed by atoms with van der Waals surface area (Å²) in [6.07, 6.45) is 3.18. The van der Waals surface area contributed by atoms with E-state index in [1.54, 1.807) is 6.07 Å². The molecule has 2 saturated heterocycles. The van der Waals surface area contributed by atoms with Gasteiger partial charge in [-0.2, -0.15) is 0 Å². The van der Waals surface area contributed by atoms with Gasteiger partial charge in [0.2, 0.25) is 0 Å². The number of rotatable bonds is 3. The van der Waals surface area contributed by atoms with E-state index in [9.17, 15) is 13.2 Å². The molecular formula is C13H14ClNO4S. The molecular weight excluding hydrogens is 302 g/mol. The van der Waals surface area contributed by atoms with E-state index in [0.29, 0.717) is 0 Å². The summed E-state index contributed by atoms with van der Waals surface area (Å²) in [5.74, 6) is -0.298. The SMILES string of the molecule is O=C(NC1CC2CCC1O2)c1cccc(S(=O)(=O)Cl)c1. The fourth-order valence-electron chi connectivity index (χ4n) is 2.83. The zero-order valence-corrected chi connectivity index (χ0v) is 12.2. The molecule has 108 valence electrons. The second-order valence-electron chi connectivity index (χ2n) is 5.16. The number of halogens is 1. The predicted octanol–water partition coefficient (Wildman–Crippen LogP) is 1.66. The maximum atomic E-state index is 12.2. The molecule has 2 aliphatic rings. The Bertz CT molecular complexity index is 646. The van der Waals surface area contributed by atoms with Gasteiger partial charge in [0, 0.05) is 16.2 Å². The summed E-state index contributed by atoms with van der Waals surface area (Å²) in [6, 6.07) is 5.72. The first-order valence-corrected chi connectivity index (χ1v) is 8.75. The van der Waals surface area contributed by atoms with E-state index in [0.717, 1.165) is 19.3 Å². The largest absolute Gasteiger partial charge is 0.373 e. The van der Waals surface area contributed by atoms with Crippen LogP contribution in [0.4, 0.5) is 0 Å². The van der Waals surface area contributed by atoms with Gasteiger partial charge in [0.1, 0.15) is 0 Å². The number of carbonyl (C=O) groups excluding carboxylic acids is 1. The van der Waals surface area contributed by atoms with Crippen molar-refractivity contribution < 1.29 is 17.9 Å². The predicted molar refractivity (Wildman–Crippen MR) is 73.2 cm³/mol. The van der Waals surface area contributed by atoms with Crippen LogP contribution in [0.15, 0.2) is 29.2 Å². The summed E-state index contributed by atoms with van der Waals surface area (Å²) in [7, 11) is 1.45.